The van der Waals surface area contributed by atoms with Crippen molar-refractivity contribution in [2.24, 2.45) is 0 Å². The number of likely N-dealkylation sites (tertiary alicyclic amines) is 1. The molecule has 1 unspecified atom stereocenters. The second kappa shape index (κ2) is 9.55. The molecule has 0 bridgehead atoms. The van der Waals surface area contributed by atoms with Gasteiger partial charge in [0.05, 0.1) is 10.9 Å². The quantitative estimate of drug-likeness (QED) is 0.615. The Morgan fingerprint density at radius 2 is 1.74 bits per heavy atom. The lowest BCUT2D eigenvalue weighted by Crippen LogP contribution is -2.49. The first-order valence-corrected chi connectivity index (χ1v) is 10.7. The highest BCUT2D eigenvalue weighted by Crippen LogP contribution is 2.13. The van der Waals surface area contributed by atoms with Crippen molar-refractivity contribution < 1.29 is 9.59 Å². The summed E-state index contributed by atoms with van der Waals surface area (Å²) in [6.45, 7) is 1.48. The molecule has 1 aromatic heterocycles. The number of nitrogens with zero attached hydrogens (tertiary/aromatic N) is 2. The van der Waals surface area contributed by atoms with Gasteiger partial charge in [0.1, 0.15) is 11.9 Å². The van der Waals surface area contributed by atoms with Crippen LogP contribution in [0.15, 0.2) is 59.4 Å². The number of nitrogens with one attached hydrogen (secondary N) is 2. The Balaban J connectivity index is 1.43. The molecule has 1 aliphatic heterocycles. The van der Waals surface area contributed by atoms with Gasteiger partial charge in [-0.25, -0.2) is 4.98 Å². The molecule has 160 valence electrons. The first kappa shape index (κ1) is 20.8. The van der Waals surface area contributed by atoms with Gasteiger partial charge in [0.15, 0.2) is 0 Å². The van der Waals surface area contributed by atoms with E-state index in [1.165, 1.54) is 0 Å². The van der Waals surface area contributed by atoms with E-state index < -0.39 is 6.04 Å². The Kier molecular flexibility index (Phi) is 6.40. The molecular formula is C24H26N4O3. The van der Waals surface area contributed by atoms with Crippen LogP contribution in [0.5, 0.6) is 0 Å². The largest absolute Gasteiger partial charge is 0.344 e. The number of carbonyl (C=O) groups is 2. The molecule has 1 atom stereocenters. The number of rotatable bonds is 7. The second-order valence-corrected chi connectivity index (χ2v) is 7.87. The van der Waals surface area contributed by atoms with Gasteiger partial charge < -0.3 is 15.2 Å². The number of carbonyl (C=O) groups excluding carboxylic acids is 2. The SMILES string of the molecule is O=C(CCc1nc2ccccc2c(=O)[nH]1)NC(Cc1ccccc1)C(=O)N1CCCC1. The molecule has 1 saturated heterocycles. The zero-order chi connectivity index (χ0) is 21.6. The molecule has 1 aliphatic rings. The van der Waals surface area contributed by atoms with Crippen LogP contribution < -0.4 is 10.9 Å². The molecule has 0 radical (unpaired) electrons. The number of aryl methyl sites for hydroxylation is 1. The third-order valence-corrected chi connectivity index (χ3v) is 5.58. The molecule has 2 N–H and O–H groups in total. The lowest BCUT2D eigenvalue weighted by atomic mass is 10.0. The van der Waals surface area contributed by atoms with Crippen LogP contribution in [-0.2, 0) is 22.4 Å². The van der Waals surface area contributed by atoms with E-state index in [4.69, 9.17) is 0 Å². The topological polar surface area (TPSA) is 95.2 Å². The minimum Gasteiger partial charge on any atom is -0.344 e. The fourth-order valence-electron chi connectivity index (χ4n) is 3.96. The van der Waals surface area contributed by atoms with Crippen molar-refractivity contribution >= 4 is 22.7 Å². The van der Waals surface area contributed by atoms with E-state index in [0.29, 0.717) is 29.6 Å². The van der Waals surface area contributed by atoms with Crippen LogP contribution in [0.25, 0.3) is 10.9 Å². The number of fused-ring (bicyclic) bond motifs is 1. The molecule has 31 heavy (non-hydrogen) atoms. The Bertz CT molecular complexity index is 1120. The number of hydrogen-bond donors (Lipinski definition) is 2. The third kappa shape index (κ3) is 5.17. The minimum atomic E-state index is -0.600. The molecule has 2 amide bonds. The molecule has 2 heterocycles. The van der Waals surface area contributed by atoms with Crippen molar-refractivity contribution in [3.05, 3.63) is 76.3 Å². The van der Waals surface area contributed by atoms with E-state index >= 15 is 0 Å². The van der Waals surface area contributed by atoms with Crippen molar-refractivity contribution in [1.29, 1.82) is 0 Å². The molecule has 7 nitrogen and oxygen atoms in total. The predicted molar refractivity (Wildman–Crippen MR) is 119 cm³/mol. The Morgan fingerprint density at radius 1 is 1.03 bits per heavy atom. The summed E-state index contributed by atoms with van der Waals surface area (Å²) in [6, 6.07) is 16.2. The maximum Gasteiger partial charge on any atom is 0.258 e. The van der Waals surface area contributed by atoms with Gasteiger partial charge in [-0.15, -0.1) is 0 Å². The number of benzene rings is 2. The van der Waals surface area contributed by atoms with E-state index in [1.54, 1.807) is 18.2 Å². The summed E-state index contributed by atoms with van der Waals surface area (Å²) in [5, 5.41) is 3.44. The second-order valence-electron chi connectivity index (χ2n) is 7.87. The number of aromatic nitrogens is 2. The van der Waals surface area contributed by atoms with E-state index in [2.05, 4.69) is 15.3 Å². The monoisotopic (exact) mass is 418 g/mol. The van der Waals surface area contributed by atoms with Crippen LogP contribution in [0, 0.1) is 0 Å². The maximum absolute atomic E-state index is 13.0. The lowest BCUT2D eigenvalue weighted by molar-refractivity contribution is -0.135. The van der Waals surface area contributed by atoms with Crippen LogP contribution in [-0.4, -0.2) is 45.8 Å². The summed E-state index contributed by atoms with van der Waals surface area (Å²) in [6.07, 6.45) is 2.88. The lowest BCUT2D eigenvalue weighted by Gasteiger charge is -2.24. The molecule has 7 heteroatoms. The van der Waals surface area contributed by atoms with Crippen molar-refractivity contribution in [1.82, 2.24) is 20.2 Å². The first-order valence-electron chi connectivity index (χ1n) is 10.7. The van der Waals surface area contributed by atoms with E-state index in [0.717, 1.165) is 31.5 Å². The standard InChI is InChI=1S/C24H26N4O3/c29-22(13-12-21-25-19-11-5-4-10-18(19)23(30)27-21)26-20(16-17-8-2-1-3-9-17)24(31)28-14-6-7-15-28/h1-5,8-11,20H,6-7,12-16H2,(H,26,29)(H,25,27,30). The van der Waals surface area contributed by atoms with Crippen molar-refractivity contribution in [3.63, 3.8) is 0 Å². The van der Waals surface area contributed by atoms with Crippen molar-refractivity contribution in [2.45, 2.75) is 38.1 Å². The molecule has 0 aliphatic carbocycles. The Labute approximate surface area is 180 Å². The summed E-state index contributed by atoms with van der Waals surface area (Å²) in [7, 11) is 0. The van der Waals surface area contributed by atoms with Gasteiger partial charge in [0.25, 0.3) is 5.56 Å². The number of aromatic amines is 1. The summed E-state index contributed by atoms with van der Waals surface area (Å²) in [5.74, 6) is 0.195. The fraction of sp³-hybridized carbons (Fsp3) is 0.333. The maximum atomic E-state index is 13.0. The van der Waals surface area contributed by atoms with Crippen molar-refractivity contribution in [3.8, 4) is 0 Å². The number of H-pyrrole nitrogens is 1. The molecule has 0 saturated carbocycles. The molecule has 3 aromatic rings. The average molecular weight is 418 g/mol. The highest BCUT2D eigenvalue weighted by atomic mass is 16.2. The Morgan fingerprint density at radius 3 is 2.52 bits per heavy atom. The van der Waals surface area contributed by atoms with Gasteiger partial charge in [-0.3, -0.25) is 14.4 Å². The summed E-state index contributed by atoms with van der Waals surface area (Å²) >= 11 is 0. The summed E-state index contributed by atoms with van der Waals surface area (Å²) in [5.41, 5.74) is 1.39. The highest BCUT2D eigenvalue weighted by Gasteiger charge is 2.28. The van der Waals surface area contributed by atoms with E-state index in [-0.39, 0.29) is 23.8 Å². The van der Waals surface area contributed by atoms with E-state index in [1.807, 2.05) is 41.3 Å². The fourth-order valence-corrected chi connectivity index (χ4v) is 3.96. The summed E-state index contributed by atoms with van der Waals surface area (Å²) in [4.78, 5) is 46.9. The van der Waals surface area contributed by atoms with E-state index in [9.17, 15) is 14.4 Å². The number of para-hydroxylation sites is 1. The third-order valence-electron chi connectivity index (χ3n) is 5.58. The van der Waals surface area contributed by atoms with Gasteiger partial charge in [-0.05, 0) is 30.5 Å². The summed E-state index contributed by atoms with van der Waals surface area (Å²) < 4.78 is 0. The smallest absolute Gasteiger partial charge is 0.258 e. The molecule has 0 spiro atoms. The van der Waals surface area contributed by atoms with Gasteiger partial charge >= 0.3 is 0 Å². The molecule has 1 fully saturated rings. The molecule has 4 rings (SSSR count). The minimum absolute atomic E-state index is 0.0352. The number of amides is 2. The average Bonchev–Trinajstić information content (AvgIpc) is 3.32. The van der Waals surface area contributed by atoms with Crippen LogP contribution >= 0.6 is 0 Å². The molecular weight excluding hydrogens is 392 g/mol. The number of hydrogen-bond acceptors (Lipinski definition) is 4. The zero-order valence-corrected chi connectivity index (χ0v) is 17.3. The first-order chi connectivity index (χ1) is 15.1. The predicted octanol–water partition coefficient (Wildman–Crippen LogP) is 2.21. The van der Waals surface area contributed by atoms with Crippen LogP contribution in [0.1, 0.15) is 30.7 Å². The van der Waals surface area contributed by atoms with Crippen LogP contribution in [0.3, 0.4) is 0 Å². The van der Waals surface area contributed by atoms with Crippen LogP contribution in [0.2, 0.25) is 0 Å². The van der Waals surface area contributed by atoms with Gasteiger partial charge in [0, 0.05) is 32.4 Å². The zero-order valence-electron chi connectivity index (χ0n) is 17.3. The van der Waals surface area contributed by atoms with Crippen molar-refractivity contribution in [2.75, 3.05) is 13.1 Å². The van der Waals surface area contributed by atoms with Gasteiger partial charge in [-0.1, -0.05) is 42.5 Å². The van der Waals surface area contributed by atoms with Gasteiger partial charge in [0.2, 0.25) is 11.8 Å². The Hall–Kier alpha value is -3.48. The van der Waals surface area contributed by atoms with Gasteiger partial charge in [-0.2, -0.15) is 0 Å². The molecule has 2 aromatic carbocycles. The van der Waals surface area contributed by atoms with Crippen LogP contribution in [0.4, 0.5) is 0 Å². The normalized spacial score (nSPS) is 14.5. The highest BCUT2D eigenvalue weighted by molar-refractivity contribution is 5.88.